The van der Waals surface area contributed by atoms with Crippen molar-refractivity contribution >= 4 is 16.3 Å². The van der Waals surface area contributed by atoms with Gasteiger partial charge in [-0.3, -0.25) is 15.0 Å². The first-order valence-electron chi connectivity index (χ1n) is 6.93. The minimum absolute atomic E-state index is 0.273. The Hall–Kier alpha value is -0.980. The van der Waals surface area contributed by atoms with Crippen LogP contribution >= 0.6 is 11.3 Å². The molecule has 2 fully saturated rings. The number of nitrogens with zero attached hydrogens (tertiary/aromatic N) is 2. The summed E-state index contributed by atoms with van der Waals surface area (Å²) in [4.78, 5) is 13.1. The van der Waals surface area contributed by atoms with Gasteiger partial charge in [0.25, 0.3) is 0 Å². The molecule has 1 N–H and O–H groups in total. The fourth-order valence-corrected chi connectivity index (χ4v) is 3.84. The Morgan fingerprint density at radius 2 is 2.16 bits per heavy atom. The summed E-state index contributed by atoms with van der Waals surface area (Å²) in [5, 5.41) is 16.5. The highest BCUT2D eigenvalue weighted by Crippen LogP contribution is 2.43. The van der Waals surface area contributed by atoms with Gasteiger partial charge in [-0.2, -0.15) is 0 Å². The maximum Gasteiger partial charge on any atom is 0.324 e. The van der Waals surface area contributed by atoms with Crippen molar-refractivity contribution in [1.82, 2.24) is 10.2 Å². The molecule has 0 spiro atoms. The van der Waals surface area contributed by atoms with Crippen LogP contribution in [0.2, 0.25) is 0 Å². The van der Waals surface area contributed by atoms with E-state index >= 15 is 0 Å². The Labute approximate surface area is 116 Å². The topological polar surface area (TPSA) is 58.4 Å². The number of nitro groups is 1. The Morgan fingerprint density at radius 1 is 1.42 bits per heavy atom. The van der Waals surface area contributed by atoms with Crippen LogP contribution in [-0.2, 0) is 0 Å². The standard InChI is InChI=1S/C13H19N3O2S/c17-16(18)12-8-11(9-19-12)13(10-2-1-3-10)15-6-4-14-5-7-15/h8-10,13-14H,1-7H2/t13-/m0/s1. The Balaban J connectivity index is 1.82. The summed E-state index contributed by atoms with van der Waals surface area (Å²) in [6.07, 6.45) is 3.83. The van der Waals surface area contributed by atoms with Crippen molar-refractivity contribution in [3.8, 4) is 0 Å². The SMILES string of the molecule is O=[N+]([O-])c1cc([C@H](C2CCC2)N2CCNCC2)cs1. The van der Waals surface area contributed by atoms with Gasteiger partial charge >= 0.3 is 5.00 Å². The number of hydrogen-bond donors (Lipinski definition) is 1. The number of thiophene rings is 1. The van der Waals surface area contributed by atoms with E-state index in [1.165, 1.54) is 30.6 Å². The maximum atomic E-state index is 10.9. The molecule has 0 amide bonds. The fourth-order valence-electron chi connectivity index (χ4n) is 3.09. The van der Waals surface area contributed by atoms with Crippen molar-refractivity contribution in [2.45, 2.75) is 25.3 Å². The molecule has 0 unspecified atom stereocenters. The van der Waals surface area contributed by atoms with Crippen LogP contribution in [0, 0.1) is 16.0 Å². The predicted molar refractivity (Wildman–Crippen MR) is 75.5 cm³/mol. The van der Waals surface area contributed by atoms with E-state index in [-0.39, 0.29) is 9.92 Å². The van der Waals surface area contributed by atoms with Gasteiger partial charge in [-0.05, 0) is 24.3 Å². The van der Waals surface area contributed by atoms with Gasteiger partial charge in [0.05, 0.1) is 4.92 Å². The molecule has 1 aliphatic carbocycles. The van der Waals surface area contributed by atoms with E-state index < -0.39 is 0 Å². The van der Waals surface area contributed by atoms with Gasteiger partial charge in [0.15, 0.2) is 0 Å². The third-order valence-corrected chi connectivity index (χ3v) is 5.17. The normalized spacial score (nSPS) is 22.9. The number of rotatable bonds is 4. The largest absolute Gasteiger partial charge is 0.324 e. The molecule has 1 saturated heterocycles. The van der Waals surface area contributed by atoms with Crippen molar-refractivity contribution < 1.29 is 4.92 Å². The minimum Gasteiger partial charge on any atom is -0.314 e. The lowest BCUT2D eigenvalue weighted by Crippen LogP contribution is -2.47. The van der Waals surface area contributed by atoms with Gasteiger partial charge in [-0.25, -0.2) is 0 Å². The highest BCUT2D eigenvalue weighted by Gasteiger charge is 2.34. The van der Waals surface area contributed by atoms with E-state index in [4.69, 9.17) is 0 Å². The van der Waals surface area contributed by atoms with Crippen LogP contribution in [0.4, 0.5) is 5.00 Å². The van der Waals surface area contributed by atoms with Gasteiger partial charge in [0, 0.05) is 43.7 Å². The molecule has 5 nitrogen and oxygen atoms in total. The summed E-state index contributed by atoms with van der Waals surface area (Å²) in [6.45, 7) is 4.14. The van der Waals surface area contributed by atoms with Crippen LogP contribution in [0.15, 0.2) is 11.4 Å². The van der Waals surface area contributed by atoms with E-state index in [2.05, 4.69) is 10.2 Å². The van der Waals surface area contributed by atoms with E-state index in [1.54, 1.807) is 6.07 Å². The second kappa shape index (κ2) is 5.56. The average Bonchev–Trinajstić information content (AvgIpc) is 2.84. The lowest BCUT2D eigenvalue weighted by molar-refractivity contribution is -0.380. The summed E-state index contributed by atoms with van der Waals surface area (Å²) < 4.78 is 0. The van der Waals surface area contributed by atoms with Crippen molar-refractivity contribution in [2.24, 2.45) is 5.92 Å². The first-order valence-corrected chi connectivity index (χ1v) is 7.81. The molecule has 1 saturated carbocycles. The van der Waals surface area contributed by atoms with Crippen LogP contribution < -0.4 is 5.32 Å². The molecule has 6 heteroatoms. The lowest BCUT2D eigenvalue weighted by atomic mass is 9.77. The van der Waals surface area contributed by atoms with Gasteiger partial charge in [-0.1, -0.05) is 17.8 Å². The van der Waals surface area contributed by atoms with E-state index in [1.807, 2.05) is 5.38 Å². The molecule has 1 aromatic heterocycles. The first kappa shape index (κ1) is 13.0. The number of nitrogens with one attached hydrogen (secondary N) is 1. The zero-order valence-electron chi connectivity index (χ0n) is 10.9. The summed E-state index contributed by atoms with van der Waals surface area (Å²) >= 11 is 1.26. The molecule has 104 valence electrons. The third kappa shape index (κ3) is 2.66. The zero-order chi connectivity index (χ0) is 13.2. The van der Waals surface area contributed by atoms with Crippen molar-refractivity contribution in [1.29, 1.82) is 0 Å². The van der Waals surface area contributed by atoms with Crippen molar-refractivity contribution in [3.63, 3.8) is 0 Å². The molecule has 0 bridgehead atoms. The maximum absolute atomic E-state index is 10.9. The van der Waals surface area contributed by atoms with Crippen LogP contribution in [0.1, 0.15) is 30.9 Å². The van der Waals surface area contributed by atoms with Crippen LogP contribution in [0.25, 0.3) is 0 Å². The minimum atomic E-state index is -0.274. The molecule has 1 aliphatic heterocycles. The molecule has 3 rings (SSSR count). The number of piperazine rings is 1. The van der Waals surface area contributed by atoms with E-state index in [0.29, 0.717) is 12.0 Å². The van der Waals surface area contributed by atoms with Crippen LogP contribution in [0.3, 0.4) is 0 Å². The summed E-state index contributed by atoms with van der Waals surface area (Å²) in [5.41, 5.74) is 1.16. The Bertz CT molecular complexity index is 452. The molecular weight excluding hydrogens is 262 g/mol. The fraction of sp³-hybridized carbons (Fsp3) is 0.692. The van der Waals surface area contributed by atoms with E-state index in [9.17, 15) is 10.1 Å². The molecule has 19 heavy (non-hydrogen) atoms. The van der Waals surface area contributed by atoms with E-state index in [0.717, 1.165) is 31.7 Å². The van der Waals surface area contributed by atoms with Crippen LogP contribution in [0.5, 0.6) is 0 Å². The highest BCUT2D eigenvalue weighted by molar-refractivity contribution is 7.13. The molecular formula is C13H19N3O2S. The van der Waals surface area contributed by atoms with Crippen molar-refractivity contribution in [2.75, 3.05) is 26.2 Å². The van der Waals surface area contributed by atoms with Crippen LogP contribution in [-0.4, -0.2) is 36.0 Å². The summed E-state index contributed by atoms with van der Waals surface area (Å²) in [6, 6.07) is 2.18. The van der Waals surface area contributed by atoms with Gasteiger partial charge in [-0.15, -0.1) is 0 Å². The highest BCUT2D eigenvalue weighted by atomic mass is 32.1. The molecule has 2 heterocycles. The number of hydrogen-bond acceptors (Lipinski definition) is 5. The molecule has 1 aromatic rings. The summed E-state index contributed by atoms with van der Waals surface area (Å²) in [5.74, 6) is 0.687. The second-order valence-corrected chi connectivity index (χ2v) is 6.29. The Kier molecular flexibility index (Phi) is 3.81. The first-order chi connectivity index (χ1) is 9.25. The third-order valence-electron chi connectivity index (χ3n) is 4.27. The second-order valence-electron chi connectivity index (χ2n) is 5.40. The monoisotopic (exact) mass is 281 g/mol. The van der Waals surface area contributed by atoms with Gasteiger partial charge in [0.1, 0.15) is 0 Å². The molecule has 0 aromatic carbocycles. The smallest absolute Gasteiger partial charge is 0.314 e. The lowest BCUT2D eigenvalue weighted by Gasteiger charge is -2.42. The Morgan fingerprint density at radius 3 is 2.68 bits per heavy atom. The predicted octanol–water partition coefficient (Wildman–Crippen LogP) is 2.40. The van der Waals surface area contributed by atoms with Crippen molar-refractivity contribution in [3.05, 3.63) is 27.1 Å². The van der Waals surface area contributed by atoms with Gasteiger partial charge in [0.2, 0.25) is 0 Å². The molecule has 0 radical (unpaired) electrons. The quantitative estimate of drug-likeness (QED) is 0.680. The average molecular weight is 281 g/mol. The summed E-state index contributed by atoms with van der Waals surface area (Å²) in [7, 11) is 0. The molecule has 1 atom stereocenters. The van der Waals surface area contributed by atoms with Gasteiger partial charge < -0.3 is 5.32 Å². The zero-order valence-corrected chi connectivity index (χ0v) is 11.7. The molecule has 2 aliphatic rings.